The van der Waals surface area contributed by atoms with Crippen LogP contribution in [-0.4, -0.2) is 6.29 Å². The average molecular weight is 282 g/mol. The molecule has 1 saturated carbocycles. The third-order valence-electron chi connectivity index (χ3n) is 3.90. The van der Waals surface area contributed by atoms with Crippen molar-refractivity contribution < 1.29 is 9.53 Å². The Morgan fingerprint density at radius 3 is 2.62 bits per heavy atom. The minimum atomic E-state index is -0.135. The van der Waals surface area contributed by atoms with Gasteiger partial charge in [-0.2, -0.15) is 0 Å². The third-order valence-corrected chi connectivity index (χ3v) is 3.90. The van der Waals surface area contributed by atoms with Gasteiger partial charge in [-0.3, -0.25) is 0 Å². The van der Waals surface area contributed by atoms with Crippen molar-refractivity contribution in [2.45, 2.75) is 26.7 Å². The van der Waals surface area contributed by atoms with Gasteiger partial charge in [0.1, 0.15) is 17.8 Å². The second kappa shape index (κ2) is 6.57. The van der Waals surface area contributed by atoms with Gasteiger partial charge < -0.3 is 9.53 Å². The Bertz CT molecular complexity index is 560. The molecule has 0 heterocycles. The standard InChI is InChI=1S/C19H22O2/c1-15(17-12-19(3,13-17)14-20)8-7-9-16(2)21-18-10-5-4-6-11-18/h4-11,14,17H,1,12-13H2,2-3H3/b8-7-,16-9+. The van der Waals surface area contributed by atoms with Crippen molar-refractivity contribution in [2.24, 2.45) is 11.3 Å². The summed E-state index contributed by atoms with van der Waals surface area (Å²) in [6.45, 7) is 8.01. The summed E-state index contributed by atoms with van der Waals surface area (Å²) in [4.78, 5) is 10.9. The molecule has 0 saturated heterocycles. The molecule has 2 nitrogen and oxygen atoms in total. The zero-order valence-corrected chi connectivity index (χ0v) is 12.7. The van der Waals surface area contributed by atoms with E-state index in [0.29, 0.717) is 5.92 Å². The predicted molar refractivity (Wildman–Crippen MR) is 86.0 cm³/mol. The van der Waals surface area contributed by atoms with Crippen LogP contribution in [0.5, 0.6) is 5.75 Å². The van der Waals surface area contributed by atoms with Gasteiger partial charge in [-0.15, -0.1) is 0 Å². The van der Waals surface area contributed by atoms with Gasteiger partial charge in [0.25, 0.3) is 0 Å². The monoisotopic (exact) mass is 282 g/mol. The van der Waals surface area contributed by atoms with E-state index in [2.05, 4.69) is 6.58 Å². The first-order valence-corrected chi connectivity index (χ1v) is 7.25. The molecule has 0 unspecified atom stereocenters. The Morgan fingerprint density at radius 2 is 2.00 bits per heavy atom. The SMILES string of the molecule is C=C(/C=C\C=C(/C)Oc1ccccc1)C1CC(C)(C=O)C1. The van der Waals surface area contributed by atoms with Gasteiger partial charge in [0.15, 0.2) is 0 Å². The molecule has 0 spiro atoms. The Hall–Kier alpha value is -2.09. The molecule has 0 bridgehead atoms. The van der Waals surface area contributed by atoms with Crippen molar-refractivity contribution in [2.75, 3.05) is 0 Å². The summed E-state index contributed by atoms with van der Waals surface area (Å²) in [7, 11) is 0. The lowest BCUT2D eigenvalue weighted by Gasteiger charge is -2.41. The topological polar surface area (TPSA) is 26.3 Å². The lowest BCUT2D eigenvalue weighted by molar-refractivity contribution is -0.121. The van der Waals surface area contributed by atoms with Gasteiger partial charge in [-0.05, 0) is 43.9 Å². The van der Waals surface area contributed by atoms with Gasteiger partial charge in [0.2, 0.25) is 0 Å². The summed E-state index contributed by atoms with van der Waals surface area (Å²) in [6, 6.07) is 9.70. The Kier molecular flexibility index (Phi) is 4.79. The number of carbonyl (C=O) groups is 1. The largest absolute Gasteiger partial charge is 0.462 e. The molecule has 2 rings (SSSR count). The number of benzene rings is 1. The van der Waals surface area contributed by atoms with Crippen molar-refractivity contribution in [1.82, 2.24) is 0 Å². The highest BCUT2D eigenvalue weighted by atomic mass is 16.5. The van der Waals surface area contributed by atoms with Crippen molar-refractivity contribution >= 4 is 6.29 Å². The minimum absolute atomic E-state index is 0.135. The molecule has 1 fully saturated rings. The summed E-state index contributed by atoms with van der Waals surface area (Å²) in [5.41, 5.74) is 0.946. The molecule has 1 aromatic rings. The first kappa shape index (κ1) is 15.3. The van der Waals surface area contributed by atoms with Gasteiger partial charge in [-0.1, -0.05) is 49.4 Å². The number of ether oxygens (including phenoxy) is 1. The lowest BCUT2D eigenvalue weighted by Crippen LogP contribution is -2.36. The maximum absolute atomic E-state index is 10.9. The fourth-order valence-corrected chi connectivity index (χ4v) is 2.58. The fourth-order valence-electron chi connectivity index (χ4n) is 2.58. The van der Waals surface area contributed by atoms with Crippen LogP contribution in [-0.2, 0) is 4.79 Å². The number of hydrogen-bond acceptors (Lipinski definition) is 2. The average Bonchev–Trinajstić information content (AvgIpc) is 2.44. The number of rotatable bonds is 6. The first-order valence-electron chi connectivity index (χ1n) is 7.25. The van der Waals surface area contributed by atoms with E-state index < -0.39 is 0 Å². The third kappa shape index (κ3) is 4.19. The van der Waals surface area contributed by atoms with E-state index in [4.69, 9.17) is 4.74 Å². The van der Waals surface area contributed by atoms with E-state index in [1.165, 1.54) is 0 Å². The van der Waals surface area contributed by atoms with Crippen LogP contribution in [0.1, 0.15) is 26.7 Å². The summed E-state index contributed by atoms with van der Waals surface area (Å²) in [6.07, 6.45) is 8.77. The smallest absolute Gasteiger partial charge is 0.126 e. The summed E-state index contributed by atoms with van der Waals surface area (Å²) >= 11 is 0. The molecule has 21 heavy (non-hydrogen) atoms. The number of allylic oxidation sites excluding steroid dienone is 5. The molecule has 0 aromatic heterocycles. The second-order valence-electron chi connectivity index (χ2n) is 6.00. The number of hydrogen-bond donors (Lipinski definition) is 0. The quantitative estimate of drug-likeness (QED) is 0.429. The molecular formula is C19H22O2. The number of carbonyl (C=O) groups excluding carboxylic acids is 1. The maximum Gasteiger partial charge on any atom is 0.126 e. The van der Waals surface area contributed by atoms with Gasteiger partial charge in [-0.25, -0.2) is 0 Å². The Morgan fingerprint density at radius 1 is 1.33 bits per heavy atom. The van der Waals surface area contributed by atoms with E-state index >= 15 is 0 Å². The highest BCUT2D eigenvalue weighted by Gasteiger charge is 2.40. The molecule has 0 radical (unpaired) electrons. The van der Waals surface area contributed by atoms with E-state index in [1.807, 2.05) is 62.4 Å². The van der Waals surface area contributed by atoms with Crippen molar-refractivity contribution in [3.05, 3.63) is 66.5 Å². The maximum atomic E-state index is 10.9. The molecule has 0 N–H and O–H groups in total. The van der Waals surface area contributed by atoms with Crippen molar-refractivity contribution in [3.8, 4) is 5.75 Å². The lowest BCUT2D eigenvalue weighted by atomic mass is 9.62. The molecule has 1 aliphatic rings. The van der Waals surface area contributed by atoms with E-state index in [0.717, 1.165) is 36.2 Å². The van der Waals surface area contributed by atoms with E-state index in [1.54, 1.807) is 0 Å². The van der Waals surface area contributed by atoms with Crippen LogP contribution >= 0.6 is 0 Å². The fraction of sp³-hybridized carbons (Fsp3) is 0.316. The Labute approximate surface area is 126 Å². The summed E-state index contributed by atoms with van der Waals surface area (Å²) in [5, 5.41) is 0. The zero-order valence-electron chi connectivity index (χ0n) is 12.7. The first-order chi connectivity index (χ1) is 10.0. The van der Waals surface area contributed by atoms with Crippen LogP contribution in [0.3, 0.4) is 0 Å². The summed E-state index contributed by atoms with van der Waals surface area (Å²) < 4.78 is 5.68. The van der Waals surface area contributed by atoms with Crippen LogP contribution in [0.25, 0.3) is 0 Å². The molecular weight excluding hydrogens is 260 g/mol. The Balaban J connectivity index is 1.83. The van der Waals surface area contributed by atoms with Gasteiger partial charge in [0, 0.05) is 5.41 Å². The zero-order chi connectivity index (χ0) is 15.3. The van der Waals surface area contributed by atoms with Crippen LogP contribution in [0.15, 0.2) is 66.5 Å². The minimum Gasteiger partial charge on any atom is -0.462 e. The molecule has 0 atom stereocenters. The number of aldehydes is 1. The van der Waals surface area contributed by atoms with Crippen molar-refractivity contribution in [3.63, 3.8) is 0 Å². The highest BCUT2D eigenvalue weighted by molar-refractivity contribution is 5.61. The van der Waals surface area contributed by atoms with Gasteiger partial charge >= 0.3 is 0 Å². The van der Waals surface area contributed by atoms with Gasteiger partial charge in [0.05, 0.1) is 0 Å². The molecule has 2 heteroatoms. The predicted octanol–water partition coefficient (Wildman–Crippen LogP) is 4.70. The number of para-hydroxylation sites is 1. The summed E-state index contributed by atoms with van der Waals surface area (Å²) in [5.74, 6) is 2.09. The normalized spacial score (nSPS) is 25.4. The van der Waals surface area contributed by atoms with Crippen molar-refractivity contribution in [1.29, 1.82) is 0 Å². The van der Waals surface area contributed by atoms with Crippen LogP contribution in [0.2, 0.25) is 0 Å². The van der Waals surface area contributed by atoms with Crippen LogP contribution < -0.4 is 4.74 Å². The molecule has 0 aliphatic heterocycles. The van der Waals surface area contributed by atoms with Crippen LogP contribution in [0.4, 0.5) is 0 Å². The molecule has 1 aromatic carbocycles. The molecule has 0 amide bonds. The second-order valence-corrected chi connectivity index (χ2v) is 6.00. The highest BCUT2D eigenvalue weighted by Crippen LogP contribution is 2.46. The van der Waals surface area contributed by atoms with Crippen LogP contribution in [0, 0.1) is 11.3 Å². The molecule has 110 valence electrons. The molecule has 1 aliphatic carbocycles. The van der Waals surface area contributed by atoms with E-state index in [9.17, 15) is 4.79 Å². The van der Waals surface area contributed by atoms with E-state index in [-0.39, 0.29) is 5.41 Å².